The van der Waals surface area contributed by atoms with Crippen LogP contribution in [0.4, 0.5) is 0 Å². The smallest absolute Gasteiger partial charge is 0.275 e. The standard InChI is InChI=1S/C12H13N3OS/c16-11-7-15(6-5-13-11)8-12-14-9-3-1-2-4-10(9)17-12/h1-4H,5-8H2,(H,13,16)/p+1. The number of hydrogen-bond donors (Lipinski definition) is 2. The van der Waals surface area contributed by atoms with Gasteiger partial charge in [0.1, 0.15) is 11.6 Å². The predicted molar refractivity (Wildman–Crippen MR) is 67.0 cm³/mol. The van der Waals surface area contributed by atoms with Crippen molar-refractivity contribution in [3.05, 3.63) is 29.3 Å². The van der Waals surface area contributed by atoms with Gasteiger partial charge < -0.3 is 10.2 Å². The minimum atomic E-state index is 0.146. The molecule has 2 N–H and O–H groups in total. The van der Waals surface area contributed by atoms with Gasteiger partial charge in [-0.3, -0.25) is 4.79 Å². The van der Waals surface area contributed by atoms with Crippen LogP contribution in [-0.2, 0) is 11.3 Å². The van der Waals surface area contributed by atoms with Gasteiger partial charge in [-0.2, -0.15) is 0 Å². The predicted octanol–water partition coefficient (Wildman–Crippen LogP) is -0.189. The van der Waals surface area contributed by atoms with Crippen LogP contribution < -0.4 is 10.2 Å². The van der Waals surface area contributed by atoms with Crippen molar-refractivity contribution < 1.29 is 9.69 Å². The maximum absolute atomic E-state index is 11.3. The number of thiazole rings is 1. The summed E-state index contributed by atoms with van der Waals surface area (Å²) in [4.78, 5) is 17.2. The quantitative estimate of drug-likeness (QED) is 0.774. The molecule has 1 unspecified atom stereocenters. The van der Waals surface area contributed by atoms with E-state index in [1.807, 2.05) is 18.2 Å². The van der Waals surface area contributed by atoms with Crippen LogP contribution in [0.15, 0.2) is 24.3 Å². The number of benzene rings is 1. The second kappa shape index (κ2) is 4.43. The summed E-state index contributed by atoms with van der Waals surface area (Å²) in [5.41, 5.74) is 1.06. The molecule has 1 saturated heterocycles. The monoisotopic (exact) mass is 248 g/mol. The second-order valence-corrected chi connectivity index (χ2v) is 5.39. The summed E-state index contributed by atoms with van der Waals surface area (Å²) in [6.07, 6.45) is 0. The molecule has 1 amide bonds. The highest BCUT2D eigenvalue weighted by atomic mass is 32.1. The summed E-state index contributed by atoms with van der Waals surface area (Å²) in [5, 5.41) is 3.97. The zero-order valence-electron chi connectivity index (χ0n) is 9.40. The van der Waals surface area contributed by atoms with Gasteiger partial charge in [0.2, 0.25) is 0 Å². The Bertz CT molecular complexity index is 518. The number of carbonyl (C=O) groups excluding carboxylic acids is 1. The first-order chi connectivity index (χ1) is 8.31. The van der Waals surface area contributed by atoms with Crippen molar-refractivity contribution in [2.24, 2.45) is 0 Å². The summed E-state index contributed by atoms with van der Waals surface area (Å²) < 4.78 is 1.23. The minimum Gasteiger partial charge on any atom is -0.346 e. The fourth-order valence-corrected chi connectivity index (χ4v) is 3.16. The fourth-order valence-electron chi connectivity index (χ4n) is 2.12. The molecule has 3 rings (SSSR count). The SMILES string of the molecule is O=C1C[NH+](Cc2nc3ccccc3s2)CCN1. The zero-order valence-corrected chi connectivity index (χ0v) is 10.2. The number of rotatable bonds is 2. The number of carbonyl (C=O) groups is 1. The Morgan fingerprint density at radius 1 is 1.41 bits per heavy atom. The van der Waals surface area contributed by atoms with Gasteiger partial charge in [0, 0.05) is 0 Å². The van der Waals surface area contributed by atoms with E-state index in [9.17, 15) is 4.79 Å². The third-order valence-electron chi connectivity index (χ3n) is 2.95. The molecular weight excluding hydrogens is 234 g/mol. The van der Waals surface area contributed by atoms with Crippen LogP contribution in [-0.4, -0.2) is 30.5 Å². The first-order valence-corrected chi connectivity index (χ1v) is 6.57. The summed E-state index contributed by atoms with van der Waals surface area (Å²) in [6, 6.07) is 8.17. The van der Waals surface area contributed by atoms with Crippen molar-refractivity contribution in [3.8, 4) is 0 Å². The highest BCUT2D eigenvalue weighted by molar-refractivity contribution is 7.18. The van der Waals surface area contributed by atoms with Crippen molar-refractivity contribution >= 4 is 27.5 Å². The number of piperazine rings is 1. The second-order valence-electron chi connectivity index (χ2n) is 4.28. The summed E-state index contributed by atoms with van der Waals surface area (Å²) >= 11 is 1.73. The molecule has 88 valence electrons. The number of para-hydroxylation sites is 1. The van der Waals surface area contributed by atoms with Crippen LogP contribution in [0, 0.1) is 0 Å². The van der Waals surface area contributed by atoms with Gasteiger partial charge in [-0.15, -0.1) is 11.3 Å². The number of hydrogen-bond acceptors (Lipinski definition) is 3. The Kier molecular flexibility index (Phi) is 2.78. The van der Waals surface area contributed by atoms with Gasteiger partial charge in [0.05, 0.1) is 23.3 Å². The lowest BCUT2D eigenvalue weighted by Crippen LogP contribution is -3.14. The van der Waals surface area contributed by atoms with E-state index < -0.39 is 0 Å². The van der Waals surface area contributed by atoms with Crippen LogP contribution in [0.1, 0.15) is 5.01 Å². The van der Waals surface area contributed by atoms with Crippen molar-refractivity contribution in [1.29, 1.82) is 0 Å². The Morgan fingerprint density at radius 2 is 2.29 bits per heavy atom. The molecule has 1 aromatic carbocycles. The lowest BCUT2D eigenvalue weighted by molar-refractivity contribution is -0.907. The van der Waals surface area contributed by atoms with Crippen LogP contribution in [0.25, 0.3) is 10.2 Å². The molecule has 1 aromatic heterocycles. The maximum atomic E-state index is 11.3. The first kappa shape index (κ1) is 10.7. The molecule has 1 aliphatic rings. The number of fused-ring (bicyclic) bond motifs is 1. The largest absolute Gasteiger partial charge is 0.346 e. The summed E-state index contributed by atoms with van der Waals surface area (Å²) in [7, 11) is 0. The lowest BCUT2D eigenvalue weighted by Gasteiger charge is -2.22. The number of nitrogens with zero attached hydrogens (tertiary/aromatic N) is 1. The van der Waals surface area contributed by atoms with E-state index in [-0.39, 0.29) is 5.91 Å². The summed E-state index contributed by atoms with van der Waals surface area (Å²) in [6.45, 7) is 3.18. The van der Waals surface area contributed by atoms with Gasteiger partial charge >= 0.3 is 0 Å². The average Bonchev–Trinajstić information content (AvgIpc) is 2.71. The molecule has 0 aliphatic carbocycles. The van der Waals surface area contributed by atoms with Crippen molar-refractivity contribution in [1.82, 2.24) is 10.3 Å². The van der Waals surface area contributed by atoms with Gasteiger partial charge in [-0.05, 0) is 12.1 Å². The third kappa shape index (κ3) is 2.30. The van der Waals surface area contributed by atoms with Crippen LogP contribution >= 0.6 is 11.3 Å². The molecule has 2 heterocycles. The van der Waals surface area contributed by atoms with E-state index in [0.29, 0.717) is 6.54 Å². The summed E-state index contributed by atoms with van der Waals surface area (Å²) in [5.74, 6) is 0.146. The molecule has 5 heteroatoms. The minimum absolute atomic E-state index is 0.146. The molecule has 1 fully saturated rings. The highest BCUT2D eigenvalue weighted by Gasteiger charge is 2.20. The maximum Gasteiger partial charge on any atom is 0.275 e. The average molecular weight is 248 g/mol. The Hall–Kier alpha value is -1.46. The van der Waals surface area contributed by atoms with E-state index in [2.05, 4.69) is 16.4 Å². The lowest BCUT2D eigenvalue weighted by atomic mass is 10.3. The normalized spacial score (nSPS) is 20.5. The Balaban J connectivity index is 1.78. The number of quaternary nitrogens is 1. The fraction of sp³-hybridized carbons (Fsp3) is 0.333. The molecular formula is C12H14N3OS+. The molecule has 1 atom stereocenters. The number of nitrogens with one attached hydrogen (secondary N) is 2. The Morgan fingerprint density at radius 3 is 3.12 bits per heavy atom. The third-order valence-corrected chi connectivity index (χ3v) is 3.99. The molecule has 2 aromatic rings. The number of amides is 1. The number of aromatic nitrogens is 1. The molecule has 0 saturated carbocycles. The van der Waals surface area contributed by atoms with Gasteiger partial charge in [-0.1, -0.05) is 12.1 Å². The highest BCUT2D eigenvalue weighted by Crippen LogP contribution is 2.20. The van der Waals surface area contributed by atoms with E-state index in [4.69, 9.17) is 0 Å². The van der Waals surface area contributed by atoms with E-state index in [1.165, 1.54) is 9.60 Å². The Labute approximate surface area is 103 Å². The van der Waals surface area contributed by atoms with Crippen LogP contribution in [0.2, 0.25) is 0 Å². The van der Waals surface area contributed by atoms with E-state index >= 15 is 0 Å². The molecule has 0 bridgehead atoms. The van der Waals surface area contributed by atoms with Crippen molar-refractivity contribution in [3.63, 3.8) is 0 Å². The van der Waals surface area contributed by atoms with Crippen LogP contribution in [0.3, 0.4) is 0 Å². The van der Waals surface area contributed by atoms with Crippen molar-refractivity contribution in [2.75, 3.05) is 19.6 Å². The molecule has 4 nitrogen and oxygen atoms in total. The van der Waals surface area contributed by atoms with Gasteiger partial charge in [0.25, 0.3) is 5.91 Å². The van der Waals surface area contributed by atoms with Gasteiger partial charge in [-0.25, -0.2) is 4.98 Å². The van der Waals surface area contributed by atoms with Crippen molar-refractivity contribution in [2.45, 2.75) is 6.54 Å². The first-order valence-electron chi connectivity index (χ1n) is 5.76. The molecule has 17 heavy (non-hydrogen) atoms. The topological polar surface area (TPSA) is 46.4 Å². The molecule has 0 spiro atoms. The van der Waals surface area contributed by atoms with E-state index in [1.54, 1.807) is 11.3 Å². The zero-order chi connectivity index (χ0) is 11.7. The van der Waals surface area contributed by atoms with Gasteiger partial charge in [0.15, 0.2) is 6.54 Å². The van der Waals surface area contributed by atoms with Crippen LogP contribution in [0.5, 0.6) is 0 Å². The molecule has 0 radical (unpaired) electrons. The molecule has 1 aliphatic heterocycles. The van der Waals surface area contributed by atoms with E-state index in [0.717, 1.165) is 30.2 Å².